The lowest BCUT2D eigenvalue weighted by molar-refractivity contribution is 0.477. The largest absolute Gasteiger partial charge is 0.507 e. The first-order valence-electron chi connectivity index (χ1n) is 5.32. The third-order valence-electron chi connectivity index (χ3n) is 2.53. The molecule has 0 unspecified atom stereocenters. The van der Waals surface area contributed by atoms with E-state index in [0.717, 1.165) is 29.2 Å². The van der Waals surface area contributed by atoms with E-state index >= 15 is 0 Å². The fourth-order valence-electron chi connectivity index (χ4n) is 1.71. The lowest BCUT2D eigenvalue weighted by Gasteiger charge is -2.02. The molecule has 4 heteroatoms. The molecular weight excluding hydrogens is 202 g/mol. The molecule has 0 saturated carbocycles. The molecule has 4 nitrogen and oxygen atoms in total. The van der Waals surface area contributed by atoms with Gasteiger partial charge in [0.1, 0.15) is 11.6 Å². The van der Waals surface area contributed by atoms with Crippen LogP contribution < -0.4 is 5.73 Å². The summed E-state index contributed by atoms with van der Waals surface area (Å²) in [5.41, 5.74) is 8.09. The summed E-state index contributed by atoms with van der Waals surface area (Å²) < 4.78 is 0. The van der Waals surface area contributed by atoms with E-state index in [1.165, 1.54) is 0 Å². The molecule has 1 heterocycles. The molecule has 2 rings (SSSR count). The molecule has 0 fully saturated rings. The normalized spacial score (nSPS) is 10.6. The predicted octanol–water partition coefficient (Wildman–Crippen LogP) is 1.80. The average Bonchev–Trinajstić information content (AvgIpc) is 2.72. The lowest BCUT2D eigenvalue weighted by Crippen LogP contribution is -1.98. The fraction of sp³-hybridized carbons (Fsp3) is 0.250. The van der Waals surface area contributed by atoms with Gasteiger partial charge in [0.15, 0.2) is 0 Å². The van der Waals surface area contributed by atoms with Gasteiger partial charge >= 0.3 is 0 Å². The van der Waals surface area contributed by atoms with Crippen molar-refractivity contribution in [1.29, 1.82) is 0 Å². The van der Waals surface area contributed by atoms with Crippen LogP contribution in [0.3, 0.4) is 0 Å². The topological polar surface area (TPSA) is 74.9 Å². The van der Waals surface area contributed by atoms with Crippen LogP contribution in [0.1, 0.15) is 18.4 Å². The summed E-state index contributed by atoms with van der Waals surface area (Å²) in [7, 11) is 0. The van der Waals surface area contributed by atoms with Gasteiger partial charge in [-0.25, -0.2) is 4.98 Å². The Morgan fingerprint density at radius 2 is 2.12 bits per heavy atom. The van der Waals surface area contributed by atoms with Crippen LogP contribution in [0.25, 0.3) is 11.3 Å². The SMILES string of the molecule is CCc1[nH]c(CN)nc1-c1ccccc1O. The maximum atomic E-state index is 9.78. The van der Waals surface area contributed by atoms with Crippen molar-refractivity contribution < 1.29 is 5.11 Å². The van der Waals surface area contributed by atoms with Crippen molar-refractivity contribution in [2.75, 3.05) is 0 Å². The molecule has 84 valence electrons. The van der Waals surface area contributed by atoms with Crippen LogP contribution >= 0.6 is 0 Å². The molecule has 0 spiro atoms. The Labute approximate surface area is 94.1 Å². The molecule has 0 amide bonds. The number of hydrogen-bond donors (Lipinski definition) is 3. The van der Waals surface area contributed by atoms with Crippen molar-refractivity contribution in [3.63, 3.8) is 0 Å². The zero-order chi connectivity index (χ0) is 11.5. The second-order valence-electron chi connectivity index (χ2n) is 3.59. The van der Waals surface area contributed by atoms with Gasteiger partial charge < -0.3 is 15.8 Å². The van der Waals surface area contributed by atoms with Crippen molar-refractivity contribution in [3.05, 3.63) is 35.8 Å². The molecule has 1 aromatic heterocycles. The maximum absolute atomic E-state index is 9.78. The average molecular weight is 217 g/mol. The van der Waals surface area contributed by atoms with Gasteiger partial charge in [0, 0.05) is 11.3 Å². The number of nitrogens with one attached hydrogen (secondary N) is 1. The quantitative estimate of drug-likeness (QED) is 0.733. The molecule has 0 radical (unpaired) electrons. The van der Waals surface area contributed by atoms with E-state index in [1.54, 1.807) is 12.1 Å². The predicted molar refractivity (Wildman–Crippen MR) is 63.0 cm³/mol. The van der Waals surface area contributed by atoms with E-state index in [2.05, 4.69) is 9.97 Å². The summed E-state index contributed by atoms with van der Waals surface area (Å²) in [5, 5.41) is 9.78. The molecule has 0 aliphatic carbocycles. The zero-order valence-electron chi connectivity index (χ0n) is 9.20. The molecule has 0 aliphatic rings. The number of nitrogens with zero attached hydrogens (tertiary/aromatic N) is 1. The molecule has 0 aliphatic heterocycles. The molecule has 1 aromatic carbocycles. The standard InChI is InChI=1S/C12H15N3O/c1-2-9-12(15-11(7-13)14-9)8-5-3-4-6-10(8)16/h3-6,16H,2,7,13H2,1H3,(H,14,15). The second-order valence-corrected chi connectivity index (χ2v) is 3.59. The lowest BCUT2D eigenvalue weighted by atomic mass is 10.1. The van der Waals surface area contributed by atoms with Crippen LogP contribution in [0.15, 0.2) is 24.3 Å². The van der Waals surface area contributed by atoms with Crippen molar-refractivity contribution in [1.82, 2.24) is 9.97 Å². The highest BCUT2D eigenvalue weighted by atomic mass is 16.3. The Morgan fingerprint density at radius 1 is 1.38 bits per heavy atom. The minimum absolute atomic E-state index is 0.243. The number of aromatic hydroxyl groups is 1. The summed E-state index contributed by atoms with van der Waals surface area (Å²) in [6.45, 7) is 2.41. The minimum Gasteiger partial charge on any atom is -0.507 e. The van der Waals surface area contributed by atoms with Crippen LogP contribution in [0.5, 0.6) is 5.75 Å². The second kappa shape index (κ2) is 4.37. The molecule has 0 bridgehead atoms. The number of rotatable bonds is 3. The van der Waals surface area contributed by atoms with Crippen molar-refractivity contribution in [2.24, 2.45) is 5.73 Å². The Kier molecular flexibility index (Phi) is 2.92. The van der Waals surface area contributed by atoms with E-state index in [9.17, 15) is 5.11 Å². The first-order chi connectivity index (χ1) is 7.76. The molecule has 16 heavy (non-hydrogen) atoms. The van der Waals surface area contributed by atoms with Gasteiger partial charge in [-0.15, -0.1) is 0 Å². The highest BCUT2D eigenvalue weighted by Gasteiger charge is 2.12. The number of hydrogen-bond acceptors (Lipinski definition) is 3. The Balaban J connectivity index is 2.54. The maximum Gasteiger partial charge on any atom is 0.125 e. The summed E-state index contributed by atoms with van der Waals surface area (Å²) in [5.74, 6) is 0.988. The minimum atomic E-state index is 0.243. The summed E-state index contributed by atoms with van der Waals surface area (Å²) in [6.07, 6.45) is 0.830. The summed E-state index contributed by atoms with van der Waals surface area (Å²) >= 11 is 0. The van der Waals surface area contributed by atoms with E-state index < -0.39 is 0 Å². The first-order valence-corrected chi connectivity index (χ1v) is 5.32. The third kappa shape index (κ3) is 1.79. The summed E-state index contributed by atoms with van der Waals surface area (Å²) in [4.78, 5) is 7.55. The Bertz CT molecular complexity index is 491. The van der Waals surface area contributed by atoms with Crippen LogP contribution in [-0.4, -0.2) is 15.1 Å². The van der Waals surface area contributed by atoms with Crippen LogP contribution in [-0.2, 0) is 13.0 Å². The first kappa shape index (κ1) is 10.7. The highest BCUT2D eigenvalue weighted by Crippen LogP contribution is 2.29. The van der Waals surface area contributed by atoms with Gasteiger partial charge in [-0.2, -0.15) is 0 Å². The number of H-pyrrole nitrogens is 1. The van der Waals surface area contributed by atoms with Crippen molar-refractivity contribution in [2.45, 2.75) is 19.9 Å². The number of phenols is 1. The van der Waals surface area contributed by atoms with E-state index in [1.807, 2.05) is 19.1 Å². The number of aryl methyl sites for hydroxylation is 1. The molecule has 0 saturated heterocycles. The monoisotopic (exact) mass is 217 g/mol. The molecule has 4 N–H and O–H groups in total. The van der Waals surface area contributed by atoms with Crippen molar-refractivity contribution in [3.8, 4) is 17.0 Å². The third-order valence-corrected chi connectivity index (χ3v) is 2.53. The van der Waals surface area contributed by atoms with Gasteiger partial charge in [-0.05, 0) is 18.6 Å². The number of imidazole rings is 1. The van der Waals surface area contributed by atoms with Crippen LogP contribution in [0.4, 0.5) is 0 Å². The van der Waals surface area contributed by atoms with Gasteiger partial charge in [0.25, 0.3) is 0 Å². The van der Waals surface area contributed by atoms with Gasteiger partial charge in [-0.1, -0.05) is 19.1 Å². The number of aromatic nitrogens is 2. The smallest absolute Gasteiger partial charge is 0.125 e. The molecule has 0 atom stereocenters. The Hall–Kier alpha value is -1.81. The number of para-hydroxylation sites is 1. The van der Waals surface area contributed by atoms with E-state index in [4.69, 9.17) is 5.73 Å². The van der Waals surface area contributed by atoms with Crippen molar-refractivity contribution >= 4 is 0 Å². The van der Waals surface area contributed by atoms with Crippen LogP contribution in [0, 0.1) is 0 Å². The number of benzene rings is 1. The summed E-state index contributed by atoms with van der Waals surface area (Å²) in [6, 6.07) is 7.18. The van der Waals surface area contributed by atoms with E-state index in [0.29, 0.717) is 6.54 Å². The number of nitrogens with two attached hydrogens (primary N) is 1. The molecule has 2 aromatic rings. The van der Waals surface area contributed by atoms with Gasteiger partial charge in [-0.3, -0.25) is 0 Å². The highest BCUT2D eigenvalue weighted by molar-refractivity contribution is 5.68. The van der Waals surface area contributed by atoms with Crippen LogP contribution in [0.2, 0.25) is 0 Å². The Morgan fingerprint density at radius 3 is 2.75 bits per heavy atom. The van der Waals surface area contributed by atoms with Gasteiger partial charge in [0.05, 0.1) is 12.2 Å². The zero-order valence-corrected chi connectivity index (χ0v) is 9.20. The number of phenolic OH excluding ortho intramolecular Hbond substituents is 1. The molecular formula is C12H15N3O. The fourth-order valence-corrected chi connectivity index (χ4v) is 1.71. The van der Waals surface area contributed by atoms with Gasteiger partial charge in [0.2, 0.25) is 0 Å². The van der Waals surface area contributed by atoms with E-state index in [-0.39, 0.29) is 5.75 Å². The number of aromatic amines is 1.